The molecule has 0 atom stereocenters. The van der Waals surface area contributed by atoms with Crippen LogP contribution in [0.2, 0.25) is 5.02 Å². The molecule has 0 aliphatic rings. The van der Waals surface area contributed by atoms with E-state index >= 15 is 0 Å². The van der Waals surface area contributed by atoms with Crippen LogP contribution < -0.4 is 16.0 Å². The lowest BCUT2D eigenvalue weighted by atomic mass is 10.2. The van der Waals surface area contributed by atoms with E-state index in [0.29, 0.717) is 5.69 Å². The van der Waals surface area contributed by atoms with Gasteiger partial charge in [-0.2, -0.15) is 0 Å². The van der Waals surface area contributed by atoms with Gasteiger partial charge in [0, 0.05) is 13.0 Å². The number of anilines is 2. The number of carbonyl (C=O) groups excluding carboxylic acids is 3. The third-order valence-electron chi connectivity index (χ3n) is 3.66. The van der Waals surface area contributed by atoms with Crippen molar-refractivity contribution in [3.63, 3.8) is 0 Å². The summed E-state index contributed by atoms with van der Waals surface area (Å²) in [7, 11) is 0. The van der Waals surface area contributed by atoms with E-state index in [1.165, 1.54) is 12.1 Å². The number of ether oxygens (including phenoxy) is 1. The molecule has 0 unspecified atom stereocenters. The van der Waals surface area contributed by atoms with Crippen molar-refractivity contribution in [3.8, 4) is 0 Å². The van der Waals surface area contributed by atoms with Gasteiger partial charge in [-0.1, -0.05) is 29.8 Å². The first kappa shape index (κ1) is 23.2. The van der Waals surface area contributed by atoms with Crippen LogP contribution in [-0.4, -0.2) is 30.1 Å². The zero-order chi connectivity index (χ0) is 22.3. The highest BCUT2D eigenvalue weighted by Crippen LogP contribution is 2.25. The Morgan fingerprint density at radius 1 is 1.00 bits per heavy atom. The minimum atomic E-state index is -0.755. The molecule has 0 heterocycles. The van der Waals surface area contributed by atoms with E-state index in [9.17, 15) is 18.8 Å². The zero-order valence-corrected chi connectivity index (χ0v) is 17.6. The lowest BCUT2D eigenvalue weighted by Crippen LogP contribution is -2.34. The van der Waals surface area contributed by atoms with Crippen LogP contribution in [-0.2, 0) is 9.53 Å². The Hall–Kier alpha value is -3.13. The topological polar surface area (TPSA) is 96.5 Å². The fourth-order valence-electron chi connectivity index (χ4n) is 2.41. The smallest absolute Gasteiger partial charge is 0.407 e. The Bertz CT molecular complexity index is 924. The molecule has 0 fully saturated rings. The summed E-state index contributed by atoms with van der Waals surface area (Å²) in [5.41, 5.74) is -0.331. The molecular formula is C21H23ClFN3O4. The third kappa shape index (κ3) is 7.04. The van der Waals surface area contributed by atoms with Gasteiger partial charge < -0.3 is 20.7 Å². The van der Waals surface area contributed by atoms with Gasteiger partial charge in [0.2, 0.25) is 5.91 Å². The molecule has 30 heavy (non-hydrogen) atoms. The molecule has 9 heteroatoms. The number of benzene rings is 2. The SMILES string of the molecule is CC(C)(C)OC(=O)NCCC(=O)Nc1ccccc1NC(=O)c1c(F)cccc1Cl. The summed E-state index contributed by atoms with van der Waals surface area (Å²) in [6.07, 6.45) is -0.634. The second-order valence-electron chi connectivity index (χ2n) is 7.32. The summed E-state index contributed by atoms with van der Waals surface area (Å²) in [4.78, 5) is 36.3. The number of hydrogen-bond donors (Lipinski definition) is 3. The van der Waals surface area contributed by atoms with E-state index in [0.717, 1.165) is 6.07 Å². The van der Waals surface area contributed by atoms with Crippen LogP contribution in [0.15, 0.2) is 42.5 Å². The second kappa shape index (κ2) is 10.1. The van der Waals surface area contributed by atoms with E-state index in [-0.39, 0.29) is 29.2 Å². The molecule has 2 aromatic rings. The van der Waals surface area contributed by atoms with Crippen LogP contribution in [0.25, 0.3) is 0 Å². The number of halogens is 2. The zero-order valence-electron chi connectivity index (χ0n) is 16.8. The van der Waals surface area contributed by atoms with Crippen molar-refractivity contribution in [2.45, 2.75) is 32.8 Å². The summed E-state index contributed by atoms with van der Waals surface area (Å²) < 4.78 is 19.1. The summed E-state index contributed by atoms with van der Waals surface area (Å²) >= 11 is 5.92. The molecule has 0 saturated heterocycles. The van der Waals surface area contributed by atoms with Crippen LogP contribution in [0.4, 0.5) is 20.6 Å². The molecule has 0 spiro atoms. The van der Waals surface area contributed by atoms with E-state index in [1.54, 1.807) is 45.0 Å². The third-order valence-corrected chi connectivity index (χ3v) is 3.97. The molecule has 0 aliphatic carbocycles. The first-order chi connectivity index (χ1) is 14.1. The number of para-hydroxylation sites is 2. The Morgan fingerprint density at radius 3 is 2.23 bits per heavy atom. The molecule has 3 amide bonds. The molecule has 0 aromatic heterocycles. The largest absolute Gasteiger partial charge is 0.444 e. The van der Waals surface area contributed by atoms with E-state index in [2.05, 4.69) is 16.0 Å². The van der Waals surface area contributed by atoms with Gasteiger partial charge in [-0.15, -0.1) is 0 Å². The van der Waals surface area contributed by atoms with Crippen molar-refractivity contribution in [1.82, 2.24) is 5.32 Å². The number of rotatable bonds is 6. The lowest BCUT2D eigenvalue weighted by molar-refractivity contribution is -0.116. The number of hydrogen-bond acceptors (Lipinski definition) is 4. The van der Waals surface area contributed by atoms with Crippen LogP contribution in [0.1, 0.15) is 37.6 Å². The van der Waals surface area contributed by atoms with Crippen molar-refractivity contribution in [2.75, 3.05) is 17.2 Å². The summed E-state index contributed by atoms with van der Waals surface area (Å²) in [6, 6.07) is 10.4. The van der Waals surface area contributed by atoms with E-state index in [1.807, 2.05) is 0 Å². The van der Waals surface area contributed by atoms with Gasteiger partial charge in [-0.3, -0.25) is 9.59 Å². The number of carbonyl (C=O) groups is 3. The first-order valence-electron chi connectivity index (χ1n) is 9.18. The van der Waals surface area contributed by atoms with E-state index < -0.39 is 29.3 Å². The number of alkyl carbamates (subject to hydrolysis) is 1. The minimum Gasteiger partial charge on any atom is -0.444 e. The number of nitrogens with one attached hydrogen (secondary N) is 3. The molecule has 0 saturated carbocycles. The maximum Gasteiger partial charge on any atom is 0.407 e. The maximum absolute atomic E-state index is 14.0. The Balaban J connectivity index is 1.97. The predicted octanol–water partition coefficient (Wildman–Crippen LogP) is 4.58. The quantitative estimate of drug-likeness (QED) is 0.618. The van der Waals surface area contributed by atoms with Crippen molar-refractivity contribution < 1.29 is 23.5 Å². The fourth-order valence-corrected chi connectivity index (χ4v) is 2.65. The number of amides is 3. The first-order valence-corrected chi connectivity index (χ1v) is 9.56. The highest BCUT2D eigenvalue weighted by atomic mass is 35.5. The molecule has 0 bridgehead atoms. The van der Waals surface area contributed by atoms with Gasteiger partial charge in [-0.05, 0) is 45.0 Å². The minimum absolute atomic E-state index is 0.0132. The normalized spacial score (nSPS) is 10.8. The highest BCUT2D eigenvalue weighted by molar-refractivity contribution is 6.34. The Kier molecular flexibility index (Phi) is 7.77. The van der Waals surface area contributed by atoms with Gasteiger partial charge in [0.25, 0.3) is 5.91 Å². The lowest BCUT2D eigenvalue weighted by Gasteiger charge is -2.19. The van der Waals surface area contributed by atoms with Gasteiger partial charge in [0.15, 0.2) is 0 Å². The van der Waals surface area contributed by atoms with Crippen molar-refractivity contribution in [3.05, 3.63) is 58.9 Å². The second-order valence-corrected chi connectivity index (χ2v) is 7.73. The molecule has 2 aromatic carbocycles. The van der Waals surface area contributed by atoms with E-state index in [4.69, 9.17) is 16.3 Å². The Morgan fingerprint density at radius 2 is 1.63 bits per heavy atom. The van der Waals surface area contributed by atoms with Gasteiger partial charge in [0.05, 0.1) is 22.0 Å². The fraction of sp³-hybridized carbons (Fsp3) is 0.286. The van der Waals surface area contributed by atoms with Gasteiger partial charge >= 0.3 is 6.09 Å². The summed E-state index contributed by atoms with van der Waals surface area (Å²) in [6.45, 7) is 5.27. The highest BCUT2D eigenvalue weighted by Gasteiger charge is 2.18. The molecule has 3 N–H and O–H groups in total. The van der Waals surface area contributed by atoms with Gasteiger partial charge in [-0.25, -0.2) is 9.18 Å². The van der Waals surface area contributed by atoms with Crippen LogP contribution >= 0.6 is 11.6 Å². The monoisotopic (exact) mass is 435 g/mol. The van der Waals surface area contributed by atoms with Gasteiger partial charge in [0.1, 0.15) is 11.4 Å². The molecule has 0 radical (unpaired) electrons. The average Bonchev–Trinajstić information content (AvgIpc) is 2.61. The summed E-state index contributed by atoms with van der Waals surface area (Å²) in [5, 5.41) is 7.66. The molecule has 2 rings (SSSR count). The van der Waals surface area contributed by atoms with Crippen LogP contribution in [0.5, 0.6) is 0 Å². The van der Waals surface area contributed by atoms with Crippen molar-refractivity contribution in [2.24, 2.45) is 0 Å². The molecule has 7 nitrogen and oxygen atoms in total. The standard InChI is InChI=1S/C21H23ClFN3O4/c1-21(2,3)30-20(29)24-12-11-17(27)25-15-9-4-5-10-16(15)26-19(28)18-13(22)7-6-8-14(18)23/h4-10H,11-12H2,1-3H3,(H,24,29)(H,25,27)(H,26,28). The molecule has 0 aliphatic heterocycles. The van der Waals surface area contributed by atoms with Crippen molar-refractivity contribution in [1.29, 1.82) is 0 Å². The van der Waals surface area contributed by atoms with Crippen LogP contribution in [0.3, 0.4) is 0 Å². The molecule has 160 valence electrons. The predicted molar refractivity (Wildman–Crippen MR) is 113 cm³/mol. The summed E-state index contributed by atoms with van der Waals surface area (Å²) in [5.74, 6) is -1.89. The van der Waals surface area contributed by atoms with Crippen LogP contribution in [0, 0.1) is 5.82 Å². The maximum atomic E-state index is 14.0. The average molecular weight is 436 g/mol. The Labute approximate surface area is 178 Å². The molecular weight excluding hydrogens is 413 g/mol. The van der Waals surface area contributed by atoms with Crippen molar-refractivity contribution >= 4 is 40.9 Å².